The molecule has 8 nitrogen and oxygen atoms in total. The normalized spacial score (nSPS) is 16.2. The van der Waals surface area contributed by atoms with Gasteiger partial charge in [-0.2, -0.15) is 0 Å². The van der Waals surface area contributed by atoms with E-state index in [1.807, 2.05) is 33.8 Å². The Morgan fingerprint density at radius 2 is 1.65 bits per heavy atom. The quantitative estimate of drug-likeness (QED) is 0.525. The Morgan fingerprint density at radius 1 is 1.03 bits per heavy atom. The number of carbonyl (C=O) groups is 1. The van der Waals surface area contributed by atoms with E-state index in [9.17, 15) is 18.8 Å². The monoisotopic (exact) mass is 527 g/mol. The molecule has 1 amide bonds. The summed E-state index contributed by atoms with van der Waals surface area (Å²) < 4.78 is 29.2. The number of benzene rings is 2. The van der Waals surface area contributed by atoms with Crippen LogP contribution in [0.2, 0.25) is 5.02 Å². The van der Waals surface area contributed by atoms with Gasteiger partial charge in [0.05, 0.1) is 16.9 Å². The van der Waals surface area contributed by atoms with Gasteiger partial charge in [-0.1, -0.05) is 35.9 Å². The first kappa shape index (κ1) is 26.8. The van der Waals surface area contributed by atoms with Gasteiger partial charge in [0, 0.05) is 36.3 Å². The molecule has 1 N–H and O–H groups in total. The van der Waals surface area contributed by atoms with Crippen LogP contribution in [0.5, 0.6) is 0 Å². The molecule has 0 spiro atoms. The molecule has 0 unspecified atom stereocenters. The van der Waals surface area contributed by atoms with Crippen LogP contribution in [0.4, 0.5) is 10.1 Å². The van der Waals surface area contributed by atoms with Gasteiger partial charge in [0.1, 0.15) is 11.4 Å². The summed E-state index contributed by atoms with van der Waals surface area (Å²) in [5, 5.41) is 2.87. The molecular weight excluding hydrogens is 500 g/mol. The summed E-state index contributed by atoms with van der Waals surface area (Å²) in [4.78, 5) is 37.4. The number of rotatable bonds is 4. The molecule has 0 radical (unpaired) electrons. The fraction of sp³-hybridized carbons (Fsp3) is 0.346. The molecule has 2 heterocycles. The lowest BCUT2D eigenvalue weighted by atomic mass is 9.77. The van der Waals surface area contributed by atoms with Gasteiger partial charge < -0.3 is 19.2 Å². The summed E-state index contributed by atoms with van der Waals surface area (Å²) in [6.07, 6.45) is 1.13. The van der Waals surface area contributed by atoms with E-state index in [4.69, 9.17) is 20.9 Å². The minimum atomic E-state index is -0.840. The number of nitrogens with one attached hydrogen (secondary N) is 1. The van der Waals surface area contributed by atoms with Gasteiger partial charge in [0.15, 0.2) is 0 Å². The van der Waals surface area contributed by atoms with E-state index in [0.29, 0.717) is 27.2 Å². The zero-order valence-corrected chi connectivity index (χ0v) is 22.5. The number of amides is 1. The average Bonchev–Trinajstić information content (AvgIpc) is 3.04. The van der Waals surface area contributed by atoms with Crippen molar-refractivity contribution in [1.29, 1.82) is 0 Å². The molecule has 37 heavy (non-hydrogen) atoms. The highest BCUT2D eigenvalue weighted by molar-refractivity contribution is 6.66. The summed E-state index contributed by atoms with van der Waals surface area (Å²) in [6, 6.07) is 8.18. The van der Waals surface area contributed by atoms with Crippen molar-refractivity contribution in [3.05, 3.63) is 79.3 Å². The first-order valence-electron chi connectivity index (χ1n) is 11.7. The van der Waals surface area contributed by atoms with Gasteiger partial charge in [0.25, 0.3) is 11.5 Å². The molecule has 11 heteroatoms. The first-order chi connectivity index (χ1) is 17.2. The third-order valence-electron chi connectivity index (χ3n) is 7.17. The molecule has 1 aliphatic heterocycles. The van der Waals surface area contributed by atoms with E-state index in [2.05, 4.69) is 5.32 Å². The summed E-state index contributed by atoms with van der Waals surface area (Å²) >= 11 is 6.83. The number of carbonyl (C=O) groups excluding carboxylic acids is 1. The number of aryl methyl sites for hydroxylation is 1. The Morgan fingerprint density at radius 3 is 2.27 bits per heavy atom. The molecule has 1 fully saturated rings. The summed E-state index contributed by atoms with van der Waals surface area (Å²) in [6.45, 7) is 9.43. The van der Waals surface area contributed by atoms with Crippen molar-refractivity contribution in [3.8, 4) is 11.1 Å². The minimum absolute atomic E-state index is 0.101. The van der Waals surface area contributed by atoms with E-state index in [-0.39, 0.29) is 11.3 Å². The molecule has 0 atom stereocenters. The van der Waals surface area contributed by atoms with Crippen LogP contribution in [0.1, 0.15) is 43.6 Å². The average molecular weight is 528 g/mol. The maximum atomic E-state index is 14.9. The maximum Gasteiger partial charge on any atom is 0.496 e. The van der Waals surface area contributed by atoms with Crippen molar-refractivity contribution in [2.75, 3.05) is 5.32 Å². The van der Waals surface area contributed by atoms with Gasteiger partial charge in [-0.3, -0.25) is 14.2 Å². The van der Waals surface area contributed by atoms with Crippen LogP contribution in [0.25, 0.3) is 11.1 Å². The maximum absolute atomic E-state index is 14.9. The number of halogens is 2. The molecule has 0 saturated carbocycles. The SMILES string of the molecule is Cc1c(-c2cccc(B3OC(C)(C)C(C)(C)O3)c2Cl)ccc(F)c1NC(=O)c1cn(C)c(=O)n(C)c1=O. The minimum Gasteiger partial charge on any atom is -0.399 e. The van der Waals surface area contributed by atoms with E-state index in [1.54, 1.807) is 25.1 Å². The lowest BCUT2D eigenvalue weighted by molar-refractivity contribution is 0.00578. The van der Waals surface area contributed by atoms with Crippen molar-refractivity contribution in [1.82, 2.24) is 9.13 Å². The summed E-state index contributed by atoms with van der Waals surface area (Å²) in [7, 11) is 1.99. The second-order valence-corrected chi connectivity index (χ2v) is 10.5. The Labute approximate surface area is 219 Å². The summed E-state index contributed by atoms with van der Waals surface area (Å²) in [5.41, 5.74) is -0.672. The third kappa shape index (κ3) is 4.54. The molecule has 1 aliphatic rings. The zero-order valence-electron chi connectivity index (χ0n) is 21.7. The van der Waals surface area contributed by atoms with Gasteiger partial charge in [-0.05, 0) is 51.8 Å². The van der Waals surface area contributed by atoms with E-state index in [0.717, 1.165) is 15.3 Å². The zero-order chi connectivity index (χ0) is 27.4. The second-order valence-electron chi connectivity index (χ2n) is 10.1. The van der Waals surface area contributed by atoms with E-state index < -0.39 is 41.3 Å². The number of anilines is 1. The fourth-order valence-electron chi connectivity index (χ4n) is 4.18. The van der Waals surface area contributed by atoms with Gasteiger partial charge in [-0.15, -0.1) is 0 Å². The number of nitrogens with zero attached hydrogens (tertiary/aromatic N) is 2. The first-order valence-corrected chi connectivity index (χ1v) is 12.1. The number of hydrogen-bond donors (Lipinski definition) is 1. The second kappa shape index (κ2) is 9.27. The lowest BCUT2D eigenvalue weighted by Crippen LogP contribution is -2.41. The number of hydrogen-bond acceptors (Lipinski definition) is 5. The predicted molar refractivity (Wildman–Crippen MR) is 142 cm³/mol. The fourth-order valence-corrected chi connectivity index (χ4v) is 4.50. The van der Waals surface area contributed by atoms with Crippen molar-refractivity contribution in [3.63, 3.8) is 0 Å². The van der Waals surface area contributed by atoms with Crippen LogP contribution < -0.4 is 22.0 Å². The molecule has 3 aromatic rings. The molecule has 1 saturated heterocycles. The van der Waals surface area contributed by atoms with Crippen LogP contribution in [0, 0.1) is 12.7 Å². The molecule has 194 valence electrons. The standard InChI is InChI=1S/C26H28BClFN3O5/c1-14-15(16-9-8-10-18(20(16)28)27-36-25(2,3)26(4,5)37-27)11-12-19(29)21(14)30-22(33)17-13-31(6)24(35)32(7)23(17)34/h8-13H,1-7H3,(H,30,33). The molecule has 2 aromatic carbocycles. The van der Waals surface area contributed by atoms with Crippen molar-refractivity contribution in [2.24, 2.45) is 14.1 Å². The highest BCUT2D eigenvalue weighted by Crippen LogP contribution is 2.39. The van der Waals surface area contributed by atoms with Gasteiger partial charge in [-0.25, -0.2) is 9.18 Å². The largest absolute Gasteiger partial charge is 0.496 e. The van der Waals surface area contributed by atoms with E-state index >= 15 is 0 Å². The van der Waals surface area contributed by atoms with Gasteiger partial charge in [0.2, 0.25) is 0 Å². The van der Waals surface area contributed by atoms with Gasteiger partial charge >= 0.3 is 12.8 Å². The van der Waals surface area contributed by atoms with E-state index in [1.165, 1.54) is 20.2 Å². The molecule has 1 aromatic heterocycles. The van der Waals surface area contributed by atoms with Crippen molar-refractivity contribution < 1.29 is 18.5 Å². The van der Waals surface area contributed by atoms with Crippen molar-refractivity contribution in [2.45, 2.75) is 45.8 Å². The van der Waals surface area contributed by atoms with Crippen LogP contribution in [-0.4, -0.2) is 33.4 Å². The Kier molecular flexibility index (Phi) is 6.73. The Hall–Kier alpha value is -3.21. The highest BCUT2D eigenvalue weighted by Gasteiger charge is 2.52. The van der Waals surface area contributed by atoms with Crippen LogP contribution >= 0.6 is 11.6 Å². The molecule has 4 rings (SSSR count). The number of aromatic nitrogens is 2. The smallest absolute Gasteiger partial charge is 0.399 e. The van der Waals surface area contributed by atoms with Crippen LogP contribution in [0.3, 0.4) is 0 Å². The lowest BCUT2D eigenvalue weighted by Gasteiger charge is -2.32. The Bertz CT molecular complexity index is 1530. The highest BCUT2D eigenvalue weighted by atomic mass is 35.5. The predicted octanol–water partition coefficient (Wildman–Crippen LogP) is 3.40. The van der Waals surface area contributed by atoms with Crippen LogP contribution in [0.15, 0.2) is 46.1 Å². The van der Waals surface area contributed by atoms with Crippen molar-refractivity contribution >= 4 is 35.8 Å². The molecule has 0 aliphatic carbocycles. The Balaban J connectivity index is 1.74. The summed E-state index contributed by atoms with van der Waals surface area (Å²) in [5.74, 6) is -1.53. The molecule has 0 bridgehead atoms. The third-order valence-corrected chi connectivity index (χ3v) is 7.59. The van der Waals surface area contributed by atoms with Crippen LogP contribution in [-0.2, 0) is 23.4 Å². The molecular formula is C26H28BClFN3O5. The topological polar surface area (TPSA) is 91.6 Å².